The van der Waals surface area contributed by atoms with Gasteiger partial charge in [-0.2, -0.15) is 0 Å². The molecule has 1 aromatic carbocycles. The highest BCUT2D eigenvalue weighted by Gasteiger charge is 2.28. The van der Waals surface area contributed by atoms with Crippen molar-refractivity contribution in [3.05, 3.63) is 70.3 Å². The largest absolute Gasteiger partial charge is 0.496 e. The summed E-state index contributed by atoms with van der Waals surface area (Å²) in [4.78, 5) is 26.7. The van der Waals surface area contributed by atoms with Gasteiger partial charge in [0.05, 0.1) is 31.5 Å². The van der Waals surface area contributed by atoms with Crippen LogP contribution in [0.3, 0.4) is 0 Å². The maximum atomic E-state index is 12.4. The number of H-pyrrole nitrogens is 1. The third-order valence-corrected chi connectivity index (χ3v) is 5.52. The van der Waals surface area contributed by atoms with E-state index in [9.17, 15) is 4.79 Å². The lowest BCUT2D eigenvalue weighted by molar-refractivity contribution is 0.134. The zero-order chi connectivity index (χ0) is 20.9. The summed E-state index contributed by atoms with van der Waals surface area (Å²) in [5.41, 5.74) is 2.27. The number of nitrogens with zero attached hydrogens (tertiary/aromatic N) is 3. The molecular weight excluding hydrogens is 380 g/mol. The molecule has 0 amide bonds. The zero-order valence-electron chi connectivity index (χ0n) is 17.3. The number of hydrogen-bond acceptors (Lipinski definition) is 6. The maximum absolute atomic E-state index is 12.4. The van der Waals surface area contributed by atoms with Gasteiger partial charge in [0.15, 0.2) is 5.82 Å². The minimum absolute atomic E-state index is 0.0399. The van der Waals surface area contributed by atoms with Crippen LogP contribution in [-0.2, 0) is 6.54 Å². The van der Waals surface area contributed by atoms with Crippen LogP contribution in [0.25, 0.3) is 11.5 Å². The Hall–Kier alpha value is -3.19. The molecule has 1 saturated heterocycles. The topological polar surface area (TPSA) is 80.3 Å². The molecule has 0 spiro atoms. The van der Waals surface area contributed by atoms with Gasteiger partial charge in [-0.05, 0) is 43.7 Å². The Balaban J connectivity index is 1.69. The van der Waals surface area contributed by atoms with Crippen LogP contribution in [0.2, 0.25) is 0 Å². The standard InChI is InChI=1S/C23H26N4O3/c1-29-20-10-7-11-21(30-2)16(20)15-27-13-6-4-9-19(27)18-14-22(28)26-23(25-18)17-8-3-5-12-24-17/h3,5,7-8,10-12,14,19H,4,6,9,13,15H2,1-2H3,(H,25,26,28)/t19-/m1/s1. The lowest BCUT2D eigenvalue weighted by Gasteiger charge is -2.36. The Bertz CT molecular complexity index is 1030. The van der Waals surface area contributed by atoms with E-state index >= 15 is 0 Å². The van der Waals surface area contributed by atoms with Crippen LogP contribution in [0.15, 0.2) is 53.5 Å². The second kappa shape index (κ2) is 9.09. The monoisotopic (exact) mass is 406 g/mol. The molecule has 1 N–H and O–H groups in total. The van der Waals surface area contributed by atoms with E-state index in [4.69, 9.17) is 14.5 Å². The number of nitrogens with one attached hydrogen (secondary N) is 1. The predicted octanol–water partition coefficient (Wildman–Crippen LogP) is 3.58. The number of rotatable bonds is 6. The molecule has 0 unspecified atom stereocenters. The molecule has 0 bridgehead atoms. The number of ether oxygens (including phenoxy) is 2. The summed E-state index contributed by atoms with van der Waals surface area (Å²) in [7, 11) is 3.34. The SMILES string of the molecule is COc1cccc(OC)c1CN1CCCC[C@@H]1c1cc(=O)[nH]c(-c2ccccn2)n1. The third kappa shape index (κ3) is 4.21. The maximum Gasteiger partial charge on any atom is 0.251 e. The molecule has 3 heterocycles. The van der Waals surface area contributed by atoms with Crippen LogP contribution in [-0.4, -0.2) is 40.6 Å². The molecule has 4 rings (SSSR count). The molecule has 1 fully saturated rings. The molecule has 1 aliphatic rings. The fourth-order valence-corrected chi connectivity index (χ4v) is 4.07. The van der Waals surface area contributed by atoms with Gasteiger partial charge < -0.3 is 14.5 Å². The Morgan fingerprint density at radius 1 is 1.10 bits per heavy atom. The van der Waals surface area contributed by atoms with Gasteiger partial charge in [-0.3, -0.25) is 14.7 Å². The van der Waals surface area contributed by atoms with Crippen molar-refractivity contribution in [2.75, 3.05) is 20.8 Å². The molecule has 0 saturated carbocycles. The summed E-state index contributed by atoms with van der Waals surface area (Å²) in [6.45, 7) is 1.57. The van der Waals surface area contributed by atoms with Gasteiger partial charge >= 0.3 is 0 Å². The van der Waals surface area contributed by atoms with Gasteiger partial charge in [-0.1, -0.05) is 18.6 Å². The fourth-order valence-electron chi connectivity index (χ4n) is 4.07. The van der Waals surface area contributed by atoms with E-state index in [0.29, 0.717) is 18.1 Å². The van der Waals surface area contributed by atoms with E-state index in [-0.39, 0.29) is 11.6 Å². The minimum Gasteiger partial charge on any atom is -0.496 e. The van der Waals surface area contributed by atoms with Crippen LogP contribution in [0, 0.1) is 0 Å². The Labute approximate surface area is 175 Å². The van der Waals surface area contributed by atoms with E-state index in [2.05, 4.69) is 14.9 Å². The third-order valence-electron chi connectivity index (χ3n) is 5.52. The lowest BCUT2D eigenvalue weighted by Crippen LogP contribution is -2.34. The average molecular weight is 406 g/mol. The molecule has 30 heavy (non-hydrogen) atoms. The second-order valence-corrected chi connectivity index (χ2v) is 7.36. The number of hydrogen-bond donors (Lipinski definition) is 1. The van der Waals surface area contributed by atoms with E-state index in [1.54, 1.807) is 26.5 Å². The number of pyridine rings is 1. The van der Waals surface area contributed by atoms with Crippen molar-refractivity contribution in [3.8, 4) is 23.0 Å². The van der Waals surface area contributed by atoms with Crippen LogP contribution in [0.1, 0.15) is 36.6 Å². The Morgan fingerprint density at radius 2 is 1.90 bits per heavy atom. The zero-order valence-corrected chi connectivity index (χ0v) is 17.3. The molecule has 7 nitrogen and oxygen atoms in total. The summed E-state index contributed by atoms with van der Waals surface area (Å²) in [6, 6.07) is 13.0. The molecule has 1 aliphatic heterocycles. The van der Waals surface area contributed by atoms with Gasteiger partial charge in [0.25, 0.3) is 5.56 Å². The molecule has 3 aromatic rings. The van der Waals surface area contributed by atoms with Gasteiger partial charge in [-0.25, -0.2) is 4.98 Å². The molecule has 0 radical (unpaired) electrons. The summed E-state index contributed by atoms with van der Waals surface area (Å²) in [6.07, 6.45) is 4.83. The van der Waals surface area contributed by atoms with Crippen molar-refractivity contribution in [2.24, 2.45) is 0 Å². The first-order valence-corrected chi connectivity index (χ1v) is 10.2. The summed E-state index contributed by atoms with van der Waals surface area (Å²) in [5.74, 6) is 2.09. The number of piperidine rings is 1. The van der Waals surface area contributed by atoms with Crippen LogP contribution < -0.4 is 15.0 Å². The van der Waals surface area contributed by atoms with Gasteiger partial charge in [-0.15, -0.1) is 0 Å². The van der Waals surface area contributed by atoms with E-state index in [1.807, 2.05) is 36.4 Å². The second-order valence-electron chi connectivity index (χ2n) is 7.36. The first-order chi connectivity index (χ1) is 14.7. The summed E-state index contributed by atoms with van der Waals surface area (Å²) < 4.78 is 11.2. The predicted molar refractivity (Wildman–Crippen MR) is 115 cm³/mol. The number of methoxy groups -OCH3 is 2. The lowest BCUT2D eigenvalue weighted by atomic mass is 9.97. The average Bonchev–Trinajstić information content (AvgIpc) is 2.79. The van der Waals surface area contributed by atoms with Crippen LogP contribution in [0.5, 0.6) is 11.5 Å². The van der Waals surface area contributed by atoms with Crippen molar-refractivity contribution in [2.45, 2.75) is 31.8 Å². The smallest absolute Gasteiger partial charge is 0.251 e. The summed E-state index contributed by atoms with van der Waals surface area (Å²) in [5, 5.41) is 0. The number of likely N-dealkylation sites (tertiary alicyclic amines) is 1. The first kappa shape index (κ1) is 20.1. The van der Waals surface area contributed by atoms with E-state index in [1.165, 1.54) is 0 Å². The minimum atomic E-state index is -0.166. The van der Waals surface area contributed by atoms with Crippen molar-refractivity contribution in [1.82, 2.24) is 19.9 Å². The van der Waals surface area contributed by atoms with Gasteiger partial charge in [0.2, 0.25) is 0 Å². The van der Waals surface area contributed by atoms with Crippen molar-refractivity contribution in [1.29, 1.82) is 0 Å². The molecular formula is C23H26N4O3. The molecule has 2 aromatic heterocycles. The van der Waals surface area contributed by atoms with E-state index in [0.717, 1.165) is 48.6 Å². The van der Waals surface area contributed by atoms with Crippen LogP contribution >= 0.6 is 0 Å². The highest BCUT2D eigenvalue weighted by molar-refractivity contribution is 5.48. The quantitative estimate of drug-likeness (QED) is 0.674. The normalized spacial score (nSPS) is 16.9. The van der Waals surface area contributed by atoms with E-state index < -0.39 is 0 Å². The number of benzene rings is 1. The highest BCUT2D eigenvalue weighted by Crippen LogP contribution is 2.36. The highest BCUT2D eigenvalue weighted by atomic mass is 16.5. The molecule has 1 atom stereocenters. The van der Waals surface area contributed by atoms with Crippen molar-refractivity contribution < 1.29 is 9.47 Å². The number of aromatic amines is 1. The molecule has 0 aliphatic carbocycles. The Morgan fingerprint density at radius 3 is 2.60 bits per heavy atom. The number of aromatic nitrogens is 3. The Kier molecular flexibility index (Phi) is 6.09. The van der Waals surface area contributed by atoms with Crippen molar-refractivity contribution >= 4 is 0 Å². The van der Waals surface area contributed by atoms with Crippen LogP contribution in [0.4, 0.5) is 0 Å². The van der Waals surface area contributed by atoms with Gasteiger partial charge in [0.1, 0.15) is 17.2 Å². The molecule has 156 valence electrons. The van der Waals surface area contributed by atoms with Crippen molar-refractivity contribution in [3.63, 3.8) is 0 Å². The summed E-state index contributed by atoms with van der Waals surface area (Å²) >= 11 is 0. The van der Waals surface area contributed by atoms with Gasteiger partial charge in [0, 0.05) is 18.8 Å². The first-order valence-electron chi connectivity index (χ1n) is 10.2. The fraction of sp³-hybridized carbons (Fsp3) is 0.348. The molecule has 7 heteroatoms.